The summed E-state index contributed by atoms with van der Waals surface area (Å²) >= 11 is 4.53. The summed E-state index contributed by atoms with van der Waals surface area (Å²) in [6.07, 6.45) is 1.58. The molecule has 21 heavy (non-hydrogen) atoms. The molecule has 2 rings (SSSR count). The maximum absolute atomic E-state index is 11.8. The van der Waals surface area contributed by atoms with Gasteiger partial charge < -0.3 is 15.2 Å². The number of aliphatic carboxylic acids is 1. The molecule has 0 aliphatic heterocycles. The topological polar surface area (TPSA) is 101 Å². The van der Waals surface area contributed by atoms with Gasteiger partial charge in [-0.05, 0) is 28.1 Å². The van der Waals surface area contributed by atoms with Crippen LogP contribution in [-0.2, 0) is 4.79 Å². The zero-order valence-electron chi connectivity index (χ0n) is 10.5. The Morgan fingerprint density at radius 2 is 2.19 bits per heavy atom. The Hall–Kier alpha value is -2.13. The monoisotopic (exact) mass is 371 g/mol. The summed E-state index contributed by atoms with van der Waals surface area (Å²) in [4.78, 5) is 26.2. The maximum atomic E-state index is 11.8. The van der Waals surface area contributed by atoms with Crippen LogP contribution in [0.1, 0.15) is 0 Å². The van der Waals surface area contributed by atoms with Crippen LogP contribution in [0, 0.1) is 0 Å². The number of halogens is 1. The average Bonchev–Trinajstić information content (AvgIpc) is 2.82. The van der Waals surface area contributed by atoms with Crippen molar-refractivity contribution in [2.24, 2.45) is 0 Å². The normalized spacial score (nSPS) is 9.95. The van der Waals surface area contributed by atoms with Crippen LogP contribution in [0.5, 0.6) is 5.75 Å². The summed E-state index contributed by atoms with van der Waals surface area (Å²) in [6.45, 7) is -0.442. The second-order valence-corrected chi connectivity index (χ2v) is 6.17. The first kappa shape index (κ1) is 15.3. The lowest BCUT2D eigenvalue weighted by atomic mass is 10.3. The van der Waals surface area contributed by atoms with E-state index in [4.69, 9.17) is 9.84 Å². The largest absolute Gasteiger partial charge is 0.482 e. The van der Waals surface area contributed by atoms with Crippen molar-refractivity contribution < 1.29 is 19.4 Å². The van der Waals surface area contributed by atoms with E-state index in [2.05, 4.69) is 31.5 Å². The van der Waals surface area contributed by atoms with E-state index in [0.717, 1.165) is 3.79 Å². The molecule has 0 bridgehead atoms. The SMILES string of the molecule is O=C(O)COc1cccc(NC(=O)Nc2ncc(Br)s2)c1. The number of hydrogen-bond donors (Lipinski definition) is 3. The van der Waals surface area contributed by atoms with Gasteiger partial charge in [0.05, 0.1) is 9.98 Å². The van der Waals surface area contributed by atoms with Crippen molar-refractivity contribution in [2.45, 2.75) is 0 Å². The van der Waals surface area contributed by atoms with Crippen molar-refractivity contribution in [3.05, 3.63) is 34.2 Å². The van der Waals surface area contributed by atoms with Gasteiger partial charge in [-0.3, -0.25) is 5.32 Å². The average molecular weight is 372 g/mol. The number of hydrogen-bond acceptors (Lipinski definition) is 5. The highest BCUT2D eigenvalue weighted by atomic mass is 79.9. The number of benzene rings is 1. The van der Waals surface area contributed by atoms with Gasteiger partial charge in [0.25, 0.3) is 0 Å². The number of anilines is 2. The highest BCUT2D eigenvalue weighted by Crippen LogP contribution is 2.23. The van der Waals surface area contributed by atoms with Crippen molar-refractivity contribution in [3.63, 3.8) is 0 Å². The highest BCUT2D eigenvalue weighted by Gasteiger charge is 2.07. The molecule has 0 saturated heterocycles. The minimum Gasteiger partial charge on any atom is -0.482 e. The zero-order chi connectivity index (χ0) is 15.2. The maximum Gasteiger partial charge on any atom is 0.341 e. The van der Waals surface area contributed by atoms with E-state index in [0.29, 0.717) is 16.6 Å². The first-order valence-corrected chi connectivity index (χ1v) is 7.28. The lowest BCUT2D eigenvalue weighted by molar-refractivity contribution is -0.139. The Bertz CT molecular complexity index is 661. The third kappa shape index (κ3) is 5.04. The molecule has 7 nitrogen and oxygen atoms in total. The van der Waals surface area contributed by atoms with Gasteiger partial charge in [-0.1, -0.05) is 17.4 Å². The van der Waals surface area contributed by atoms with Gasteiger partial charge in [-0.25, -0.2) is 14.6 Å². The van der Waals surface area contributed by atoms with Gasteiger partial charge in [0.1, 0.15) is 5.75 Å². The number of urea groups is 1. The molecule has 0 aliphatic carbocycles. The number of amides is 2. The second-order valence-electron chi connectivity index (χ2n) is 3.76. The molecular formula is C12H10BrN3O4S. The number of aromatic nitrogens is 1. The van der Waals surface area contributed by atoms with Gasteiger partial charge in [-0.2, -0.15) is 0 Å². The van der Waals surface area contributed by atoms with Crippen LogP contribution in [0.15, 0.2) is 34.2 Å². The second kappa shape index (κ2) is 7.04. The molecule has 2 amide bonds. The predicted molar refractivity (Wildman–Crippen MR) is 82.0 cm³/mol. The van der Waals surface area contributed by atoms with Crippen LogP contribution < -0.4 is 15.4 Å². The summed E-state index contributed by atoms with van der Waals surface area (Å²) in [5.41, 5.74) is 0.478. The first-order valence-electron chi connectivity index (χ1n) is 5.67. The molecule has 0 atom stereocenters. The van der Waals surface area contributed by atoms with Crippen LogP contribution in [0.25, 0.3) is 0 Å². The molecule has 1 aromatic heterocycles. The molecular weight excluding hydrogens is 362 g/mol. The summed E-state index contributed by atoms with van der Waals surface area (Å²) in [5.74, 6) is -0.715. The molecule has 9 heteroatoms. The van der Waals surface area contributed by atoms with Crippen LogP contribution in [0.2, 0.25) is 0 Å². The fourth-order valence-electron chi connectivity index (χ4n) is 1.38. The number of carbonyl (C=O) groups excluding carboxylic acids is 1. The summed E-state index contributed by atoms with van der Waals surface area (Å²) in [6, 6.07) is 5.98. The Morgan fingerprint density at radius 1 is 1.38 bits per heavy atom. The highest BCUT2D eigenvalue weighted by molar-refractivity contribution is 9.11. The summed E-state index contributed by atoms with van der Waals surface area (Å²) in [5, 5.41) is 14.2. The molecule has 3 N–H and O–H groups in total. The Balaban J connectivity index is 1.94. The van der Waals surface area contributed by atoms with Crippen LogP contribution in [-0.4, -0.2) is 28.7 Å². The number of carboxylic acids is 1. The minimum absolute atomic E-state index is 0.354. The number of rotatable bonds is 5. The third-order valence-corrected chi connectivity index (χ3v) is 3.54. The van der Waals surface area contributed by atoms with E-state index in [1.807, 2.05) is 0 Å². The van der Waals surface area contributed by atoms with Crippen molar-refractivity contribution in [3.8, 4) is 5.75 Å². The van der Waals surface area contributed by atoms with E-state index >= 15 is 0 Å². The molecule has 0 unspecified atom stereocenters. The van der Waals surface area contributed by atoms with Crippen molar-refractivity contribution >= 4 is 50.1 Å². The lowest BCUT2D eigenvalue weighted by Crippen LogP contribution is -2.19. The molecule has 110 valence electrons. The van der Waals surface area contributed by atoms with E-state index < -0.39 is 18.6 Å². The molecule has 0 fully saturated rings. The number of carbonyl (C=O) groups is 2. The van der Waals surface area contributed by atoms with Crippen LogP contribution >= 0.6 is 27.3 Å². The minimum atomic E-state index is -1.07. The zero-order valence-corrected chi connectivity index (χ0v) is 12.9. The van der Waals surface area contributed by atoms with Crippen LogP contribution in [0.4, 0.5) is 15.6 Å². The van der Waals surface area contributed by atoms with Gasteiger partial charge in [-0.15, -0.1) is 0 Å². The van der Waals surface area contributed by atoms with E-state index in [1.165, 1.54) is 17.4 Å². The molecule has 2 aromatic rings. The van der Waals surface area contributed by atoms with Crippen molar-refractivity contribution in [1.82, 2.24) is 4.98 Å². The smallest absolute Gasteiger partial charge is 0.341 e. The Morgan fingerprint density at radius 3 is 2.86 bits per heavy atom. The van der Waals surface area contributed by atoms with Gasteiger partial charge in [0, 0.05) is 11.8 Å². The van der Waals surface area contributed by atoms with E-state index in [9.17, 15) is 9.59 Å². The standard InChI is InChI=1S/C12H10BrN3O4S/c13-9-5-14-12(21-9)16-11(19)15-7-2-1-3-8(4-7)20-6-10(17)18/h1-5H,6H2,(H,17,18)(H2,14,15,16,19). The van der Waals surface area contributed by atoms with Gasteiger partial charge in [0.2, 0.25) is 0 Å². The predicted octanol–water partition coefficient (Wildman–Crippen LogP) is 3.01. The van der Waals surface area contributed by atoms with Crippen molar-refractivity contribution in [2.75, 3.05) is 17.2 Å². The molecule has 0 aliphatic rings. The number of nitrogens with zero attached hydrogens (tertiary/aromatic N) is 1. The first-order chi connectivity index (χ1) is 10.0. The lowest BCUT2D eigenvalue weighted by Gasteiger charge is -2.08. The van der Waals surface area contributed by atoms with Crippen LogP contribution in [0.3, 0.4) is 0 Å². The Kier molecular flexibility index (Phi) is 5.12. The summed E-state index contributed by atoms with van der Waals surface area (Å²) in [7, 11) is 0. The number of carboxylic acid groups (broad SMARTS) is 1. The van der Waals surface area contributed by atoms with Crippen molar-refractivity contribution in [1.29, 1.82) is 0 Å². The molecule has 0 spiro atoms. The molecule has 0 saturated carbocycles. The number of nitrogens with one attached hydrogen (secondary N) is 2. The quantitative estimate of drug-likeness (QED) is 0.749. The fraction of sp³-hybridized carbons (Fsp3) is 0.0833. The van der Waals surface area contributed by atoms with E-state index in [1.54, 1.807) is 24.4 Å². The third-order valence-electron chi connectivity index (χ3n) is 2.15. The molecule has 1 heterocycles. The van der Waals surface area contributed by atoms with E-state index in [-0.39, 0.29) is 0 Å². The summed E-state index contributed by atoms with van der Waals surface area (Å²) < 4.78 is 5.83. The van der Waals surface area contributed by atoms with Gasteiger partial charge in [0.15, 0.2) is 11.7 Å². The number of thiazole rings is 1. The van der Waals surface area contributed by atoms with Gasteiger partial charge >= 0.3 is 12.0 Å². The molecule has 0 radical (unpaired) electrons. The fourth-order valence-corrected chi connectivity index (χ4v) is 2.48. The Labute approximate surface area is 132 Å². The number of ether oxygens (including phenoxy) is 1. The molecule has 1 aromatic carbocycles.